The number of alkyl halides is 2. The molecule has 3 aromatic rings. The first-order valence-corrected chi connectivity index (χ1v) is 14.4. The third kappa shape index (κ3) is 4.61. The highest BCUT2D eigenvalue weighted by Crippen LogP contribution is 2.40. The number of nitrogens with one attached hydrogen (secondary N) is 2. The topological polar surface area (TPSA) is 142 Å². The van der Waals surface area contributed by atoms with E-state index in [-0.39, 0.29) is 27.1 Å². The number of aromatic nitrogens is 3. The molecule has 35 heavy (non-hydrogen) atoms. The Morgan fingerprint density at radius 3 is 2.54 bits per heavy atom. The minimum absolute atomic E-state index is 0.0127. The lowest BCUT2D eigenvalue weighted by Crippen LogP contribution is -2.34. The van der Waals surface area contributed by atoms with E-state index in [0.717, 1.165) is 18.9 Å². The van der Waals surface area contributed by atoms with Crippen LogP contribution in [0.5, 0.6) is 0 Å². The Labute approximate surface area is 201 Å². The van der Waals surface area contributed by atoms with Crippen LogP contribution in [0.1, 0.15) is 38.3 Å². The van der Waals surface area contributed by atoms with Gasteiger partial charge in [0.1, 0.15) is 17.1 Å². The number of hydrogen-bond acceptors (Lipinski definition) is 9. The molecule has 0 amide bonds. The lowest BCUT2D eigenvalue weighted by Gasteiger charge is -2.20. The summed E-state index contributed by atoms with van der Waals surface area (Å²) in [5.74, 6) is 0. The van der Waals surface area contributed by atoms with Gasteiger partial charge in [-0.2, -0.15) is 0 Å². The highest BCUT2D eigenvalue weighted by Gasteiger charge is 2.42. The first-order valence-electron chi connectivity index (χ1n) is 10.9. The molecule has 2 aromatic heterocycles. The van der Waals surface area contributed by atoms with E-state index in [1.807, 2.05) is 11.8 Å². The van der Waals surface area contributed by atoms with Crippen LogP contribution in [0, 0.1) is 4.78 Å². The highest BCUT2D eigenvalue weighted by atomic mass is 32.2. The molecule has 1 saturated carbocycles. The number of rotatable bonds is 7. The van der Waals surface area contributed by atoms with Crippen LogP contribution in [0.4, 0.5) is 14.5 Å². The third-order valence-corrected chi connectivity index (χ3v) is 9.77. The Balaban J connectivity index is 1.64. The van der Waals surface area contributed by atoms with Gasteiger partial charge < -0.3 is 9.42 Å². The molecule has 2 aliphatic rings. The average molecular weight is 527 g/mol. The Morgan fingerprint density at radius 2 is 1.97 bits per heavy atom. The molecule has 1 saturated heterocycles. The molecule has 0 radical (unpaired) electrons. The molecule has 0 bridgehead atoms. The molecule has 2 atom stereocenters. The van der Waals surface area contributed by atoms with Crippen molar-refractivity contribution in [3.63, 3.8) is 0 Å². The van der Waals surface area contributed by atoms with Crippen LogP contribution >= 0.6 is 0 Å². The molecule has 3 heterocycles. The van der Waals surface area contributed by atoms with Crippen LogP contribution in [0.15, 0.2) is 33.7 Å². The fraction of sp³-hybridized carbons (Fsp3) is 0.476. The van der Waals surface area contributed by atoms with Crippen molar-refractivity contribution in [3.05, 3.63) is 30.0 Å². The van der Waals surface area contributed by atoms with Gasteiger partial charge in [-0.25, -0.2) is 26.1 Å². The Kier molecular flexibility index (Phi) is 5.60. The zero-order valence-electron chi connectivity index (χ0n) is 19.0. The summed E-state index contributed by atoms with van der Waals surface area (Å²) in [7, 11) is -6.71. The van der Waals surface area contributed by atoms with Crippen molar-refractivity contribution in [1.82, 2.24) is 20.1 Å². The molecule has 1 aromatic carbocycles. The van der Waals surface area contributed by atoms with Gasteiger partial charge in [0.25, 0.3) is 6.43 Å². The second-order valence-electron chi connectivity index (χ2n) is 9.42. The van der Waals surface area contributed by atoms with E-state index < -0.39 is 37.4 Å². The van der Waals surface area contributed by atoms with Crippen molar-refractivity contribution < 1.29 is 25.9 Å². The zero-order valence-corrected chi connectivity index (χ0v) is 20.6. The van der Waals surface area contributed by atoms with E-state index in [1.54, 1.807) is 0 Å². The molecule has 0 unspecified atom stereocenters. The summed E-state index contributed by atoms with van der Waals surface area (Å²) in [6.07, 6.45) is 0.585. The standard InChI is InChI=1S/C21H24F2N6O4S2/c1-21(6-7-21)28-35(31,32)13-9-14-18(15-3-4-16(20(22)23)26-25-15)27-33-19(14)17(10-13)29-8-5-12(11-29)34(2,24)30/h3-4,9-10,12,20,24,28H,5-8,11H2,1-2H3/t12-,34+/m0/s1. The lowest BCUT2D eigenvalue weighted by atomic mass is 10.1. The third-order valence-electron chi connectivity index (χ3n) is 6.49. The monoisotopic (exact) mass is 526 g/mol. The van der Waals surface area contributed by atoms with Crippen molar-refractivity contribution in [3.8, 4) is 11.4 Å². The summed E-state index contributed by atoms with van der Waals surface area (Å²) in [6.45, 7) is 2.57. The molecule has 0 spiro atoms. The molecule has 2 N–H and O–H groups in total. The van der Waals surface area contributed by atoms with Gasteiger partial charge in [-0.1, -0.05) is 5.16 Å². The van der Waals surface area contributed by atoms with Gasteiger partial charge >= 0.3 is 0 Å². The van der Waals surface area contributed by atoms with Crippen molar-refractivity contribution in [1.29, 1.82) is 4.78 Å². The van der Waals surface area contributed by atoms with Crippen molar-refractivity contribution in [2.24, 2.45) is 0 Å². The first-order chi connectivity index (χ1) is 16.4. The fourth-order valence-electron chi connectivity index (χ4n) is 4.15. The largest absolute Gasteiger partial charge is 0.367 e. The second kappa shape index (κ2) is 8.17. The molecular weight excluding hydrogens is 502 g/mol. The molecule has 14 heteroatoms. The number of sulfonamides is 1. The van der Waals surface area contributed by atoms with Crippen molar-refractivity contribution >= 4 is 36.4 Å². The number of nitrogens with zero attached hydrogens (tertiary/aromatic N) is 4. The van der Waals surface area contributed by atoms with Crippen LogP contribution in [-0.2, 0) is 19.8 Å². The van der Waals surface area contributed by atoms with Gasteiger partial charge in [0, 0.05) is 34.6 Å². The number of halogens is 2. The molecule has 10 nitrogen and oxygen atoms in total. The maximum Gasteiger partial charge on any atom is 0.282 e. The highest BCUT2D eigenvalue weighted by molar-refractivity contribution is 7.92. The maximum absolute atomic E-state index is 13.2. The Bertz CT molecular complexity index is 1500. The van der Waals surface area contributed by atoms with Gasteiger partial charge in [-0.3, -0.25) is 4.78 Å². The summed E-state index contributed by atoms with van der Waals surface area (Å²) in [5, 5.41) is 11.4. The van der Waals surface area contributed by atoms with Crippen molar-refractivity contribution in [2.45, 2.75) is 48.3 Å². The van der Waals surface area contributed by atoms with Crippen LogP contribution in [-0.4, -0.2) is 58.1 Å². The van der Waals surface area contributed by atoms with Gasteiger partial charge in [0.2, 0.25) is 10.0 Å². The minimum Gasteiger partial charge on any atom is -0.367 e. The minimum atomic E-state index is -3.91. The van der Waals surface area contributed by atoms with E-state index in [2.05, 4.69) is 20.1 Å². The zero-order chi connectivity index (χ0) is 25.2. The van der Waals surface area contributed by atoms with E-state index in [1.165, 1.54) is 24.5 Å². The predicted molar refractivity (Wildman–Crippen MR) is 125 cm³/mol. The number of anilines is 1. The fourth-order valence-corrected chi connectivity index (χ4v) is 6.68. The first kappa shape index (κ1) is 24.0. The van der Waals surface area contributed by atoms with E-state index in [0.29, 0.717) is 30.6 Å². The smallest absolute Gasteiger partial charge is 0.282 e. The molecule has 2 fully saturated rings. The number of fused-ring (bicyclic) bond motifs is 1. The van der Waals surface area contributed by atoms with Gasteiger partial charge in [0.15, 0.2) is 5.58 Å². The number of hydrogen-bond donors (Lipinski definition) is 2. The number of benzene rings is 1. The van der Waals surface area contributed by atoms with Crippen LogP contribution < -0.4 is 9.62 Å². The second-order valence-corrected chi connectivity index (χ2v) is 13.6. The molecule has 1 aliphatic carbocycles. The summed E-state index contributed by atoms with van der Waals surface area (Å²) >= 11 is 0. The Morgan fingerprint density at radius 1 is 1.23 bits per heavy atom. The molecule has 188 valence electrons. The van der Waals surface area contributed by atoms with Crippen LogP contribution in [0.3, 0.4) is 0 Å². The van der Waals surface area contributed by atoms with E-state index in [4.69, 9.17) is 9.30 Å². The van der Waals surface area contributed by atoms with E-state index >= 15 is 0 Å². The normalized spacial score (nSPS) is 21.5. The Hall–Kier alpha value is -2.71. The van der Waals surface area contributed by atoms with Gasteiger partial charge in [-0.15, -0.1) is 10.2 Å². The van der Waals surface area contributed by atoms with E-state index in [9.17, 15) is 21.4 Å². The summed E-state index contributed by atoms with van der Waals surface area (Å²) in [4.78, 5) is 1.82. The van der Waals surface area contributed by atoms with Crippen LogP contribution in [0.25, 0.3) is 22.4 Å². The van der Waals surface area contributed by atoms with Crippen molar-refractivity contribution in [2.75, 3.05) is 24.2 Å². The quantitative estimate of drug-likeness (QED) is 0.478. The summed E-state index contributed by atoms with van der Waals surface area (Å²) in [6, 6.07) is 5.36. The molecular formula is C21H24F2N6O4S2. The molecule has 1 aliphatic heterocycles. The summed E-state index contributed by atoms with van der Waals surface area (Å²) < 4.78 is 80.9. The SMILES string of the molecule is CC1(NS(=O)(=O)c2cc(N3CC[C@H]([S@](C)(=N)=O)C3)c3onc(-c4ccc(C(F)F)nn4)c3c2)CC1. The predicted octanol–water partition coefficient (Wildman–Crippen LogP) is 3.31. The summed E-state index contributed by atoms with van der Waals surface area (Å²) in [5.41, 5.74) is 0.0433. The van der Waals surface area contributed by atoms with Gasteiger partial charge in [-0.05, 0) is 50.5 Å². The maximum atomic E-state index is 13.2. The average Bonchev–Trinajstić information content (AvgIpc) is 3.19. The van der Waals surface area contributed by atoms with Crippen LogP contribution in [0.2, 0.25) is 0 Å². The van der Waals surface area contributed by atoms with Gasteiger partial charge in [0.05, 0.1) is 21.2 Å². The lowest BCUT2D eigenvalue weighted by molar-refractivity contribution is 0.145. The molecule has 5 rings (SSSR count).